The van der Waals surface area contributed by atoms with Crippen molar-refractivity contribution in [1.82, 2.24) is 29.8 Å². The molecule has 8 rings (SSSR count). The minimum absolute atomic E-state index is 0.00000585. The number of amides is 1. The maximum Gasteiger partial charge on any atom is 0.314 e. The topological polar surface area (TPSA) is 211 Å². The van der Waals surface area contributed by atoms with E-state index in [1.54, 1.807) is 49.6 Å². The molecule has 82 heavy (non-hydrogen) atoms. The van der Waals surface area contributed by atoms with E-state index in [2.05, 4.69) is 41.7 Å². The highest BCUT2D eigenvalue weighted by atomic mass is 35.5. The summed E-state index contributed by atoms with van der Waals surface area (Å²) in [5, 5.41) is 13.5. The Bertz CT molecular complexity index is 2960. The predicted octanol–water partition coefficient (Wildman–Crippen LogP) is 9.26. The van der Waals surface area contributed by atoms with Crippen LogP contribution >= 0.6 is 22.9 Å². The number of fused-ring (bicyclic) bond motifs is 4. The van der Waals surface area contributed by atoms with E-state index in [0.717, 1.165) is 71.1 Å². The molecule has 450 valence electrons. The third kappa shape index (κ3) is 15.5. The van der Waals surface area contributed by atoms with Gasteiger partial charge in [0, 0.05) is 72.6 Å². The van der Waals surface area contributed by atoms with Gasteiger partial charge >= 0.3 is 11.9 Å². The van der Waals surface area contributed by atoms with Gasteiger partial charge in [-0.05, 0) is 102 Å². The number of carbonyl (C=O) groups is 3. The molecule has 0 bridgehead atoms. The summed E-state index contributed by atoms with van der Waals surface area (Å²) in [6.45, 7) is 17.7. The lowest BCUT2D eigenvalue weighted by Gasteiger charge is -2.46. The lowest BCUT2D eigenvalue weighted by Crippen LogP contribution is -2.62. The van der Waals surface area contributed by atoms with Gasteiger partial charge in [-0.2, -0.15) is 9.73 Å². The zero-order valence-corrected chi connectivity index (χ0v) is 51.7. The molecule has 0 aliphatic carbocycles. The fraction of sp³-hybridized carbons (Fsp3) is 0.633. The van der Waals surface area contributed by atoms with Crippen LogP contribution in [0.25, 0.3) is 5.00 Å². The molecular weight excluding hydrogens is 1110 g/mol. The fourth-order valence-corrected chi connectivity index (χ4v) is 15.0. The van der Waals surface area contributed by atoms with Crippen LogP contribution < -0.4 is 15.5 Å². The van der Waals surface area contributed by atoms with Crippen molar-refractivity contribution in [3.05, 3.63) is 86.3 Å². The maximum absolute atomic E-state index is 14.8. The van der Waals surface area contributed by atoms with Gasteiger partial charge in [0.25, 0.3) is 0 Å². The van der Waals surface area contributed by atoms with Gasteiger partial charge in [0.2, 0.25) is 22.7 Å². The summed E-state index contributed by atoms with van der Waals surface area (Å²) in [5.41, 5.74) is 7.67. The van der Waals surface area contributed by atoms with Crippen LogP contribution in [0.5, 0.6) is 5.75 Å². The summed E-state index contributed by atoms with van der Waals surface area (Å²) in [5.74, 6) is 0.526. The molecule has 2 aromatic carbocycles. The summed E-state index contributed by atoms with van der Waals surface area (Å²) in [6, 6.07) is 12.5. The highest BCUT2D eigenvalue weighted by Crippen LogP contribution is 2.45. The molecule has 3 fully saturated rings. The van der Waals surface area contributed by atoms with Crippen molar-refractivity contribution < 1.29 is 55.8 Å². The van der Waals surface area contributed by atoms with Crippen LogP contribution in [0.1, 0.15) is 155 Å². The van der Waals surface area contributed by atoms with E-state index < -0.39 is 40.2 Å². The fourth-order valence-electron chi connectivity index (χ4n) is 11.8. The summed E-state index contributed by atoms with van der Waals surface area (Å²) in [7, 11) is -2.28. The first-order chi connectivity index (χ1) is 39.3. The molecule has 2 aromatic heterocycles. The number of methoxy groups -OCH3 is 1. The number of aliphatic imine (C=N–C) groups is 1. The SMILES string of the molecule is CCCCCCCC[N+]12CCC(c3ccc(OCCOCCOCCNC(=O)C[C@H]4N=C(c5ccc(Cl)cc5)c5c(sc(C)c5C)-n5c(C)nnc54)cc3S(=O)(=O)N3CCC(OC)CC3)CC1C(CC(=O)OCOC(=O)C(C)(C)C)CN2. The van der Waals surface area contributed by atoms with E-state index in [0.29, 0.717) is 66.7 Å². The number of carbonyl (C=O) groups excluding carboxylic acids is 3. The summed E-state index contributed by atoms with van der Waals surface area (Å²) in [4.78, 5) is 45.8. The van der Waals surface area contributed by atoms with Crippen molar-refractivity contribution in [2.75, 3.05) is 86.2 Å². The molecule has 4 aromatic rings. The van der Waals surface area contributed by atoms with E-state index in [-0.39, 0.29) is 80.6 Å². The van der Waals surface area contributed by atoms with Gasteiger partial charge < -0.3 is 33.7 Å². The van der Waals surface area contributed by atoms with Gasteiger partial charge in [0.15, 0.2) is 5.82 Å². The largest absolute Gasteiger partial charge is 0.491 e. The van der Waals surface area contributed by atoms with E-state index in [9.17, 15) is 22.8 Å². The summed E-state index contributed by atoms with van der Waals surface area (Å²) < 4.78 is 68.1. The maximum atomic E-state index is 14.8. The molecule has 2 N–H and O–H groups in total. The number of halogens is 1. The molecule has 19 nitrogen and oxygen atoms in total. The molecule has 4 aliphatic heterocycles. The van der Waals surface area contributed by atoms with Crippen molar-refractivity contribution in [1.29, 1.82) is 0 Å². The van der Waals surface area contributed by atoms with E-state index in [4.69, 9.17) is 45.0 Å². The zero-order valence-electron chi connectivity index (χ0n) is 49.3. The van der Waals surface area contributed by atoms with Crippen molar-refractivity contribution in [3.63, 3.8) is 0 Å². The number of aryl methyl sites for hydroxylation is 2. The van der Waals surface area contributed by atoms with Crippen LogP contribution in [0.2, 0.25) is 5.02 Å². The molecule has 0 spiro atoms. The second-order valence-electron chi connectivity index (χ2n) is 23.3. The summed E-state index contributed by atoms with van der Waals surface area (Å²) >= 11 is 7.93. The number of benzene rings is 2. The molecule has 22 heteroatoms. The van der Waals surface area contributed by atoms with Gasteiger partial charge in [0.05, 0.1) is 81.0 Å². The van der Waals surface area contributed by atoms with Gasteiger partial charge in [-0.3, -0.25) is 23.9 Å². The molecule has 6 heterocycles. The molecule has 4 unspecified atom stereocenters. The second-order valence-corrected chi connectivity index (χ2v) is 26.8. The lowest BCUT2D eigenvalue weighted by atomic mass is 9.80. The van der Waals surface area contributed by atoms with Crippen molar-refractivity contribution in [2.24, 2.45) is 16.3 Å². The number of piperidine rings is 2. The average molecular weight is 1190 g/mol. The monoisotopic (exact) mass is 1190 g/mol. The molecule has 1 amide bonds. The smallest absolute Gasteiger partial charge is 0.314 e. The second kappa shape index (κ2) is 28.8. The van der Waals surface area contributed by atoms with Crippen LogP contribution in [-0.4, -0.2) is 154 Å². The number of thiophene rings is 1. The Kier molecular flexibility index (Phi) is 22.2. The average Bonchev–Trinajstić information content (AvgIpc) is 2.54. The number of nitrogens with one attached hydrogen (secondary N) is 2. The minimum Gasteiger partial charge on any atom is -0.491 e. The first kappa shape index (κ1) is 63.2. The Hall–Kier alpha value is -4.84. The number of rotatable bonds is 28. The van der Waals surface area contributed by atoms with E-state index >= 15 is 0 Å². The first-order valence-electron chi connectivity index (χ1n) is 29.4. The van der Waals surface area contributed by atoms with Crippen LogP contribution in [0.4, 0.5) is 0 Å². The highest BCUT2D eigenvalue weighted by molar-refractivity contribution is 7.89. The highest BCUT2D eigenvalue weighted by Gasteiger charge is 2.53. The number of sulfonamides is 1. The Morgan fingerprint density at radius 3 is 2.34 bits per heavy atom. The van der Waals surface area contributed by atoms with Gasteiger partial charge in [-0.25, -0.2) is 13.0 Å². The molecule has 0 radical (unpaired) electrons. The Morgan fingerprint density at radius 1 is 0.890 bits per heavy atom. The van der Waals surface area contributed by atoms with Crippen molar-refractivity contribution >= 4 is 56.5 Å². The predicted molar refractivity (Wildman–Crippen MR) is 315 cm³/mol. The third-order valence-corrected chi connectivity index (χ3v) is 20.0. The van der Waals surface area contributed by atoms with Crippen molar-refractivity contribution in [2.45, 2.75) is 155 Å². The van der Waals surface area contributed by atoms with E-state index in [1.165, 1.54) is 30.6 Å². The number of unbranched alkanes of at least 4 members (excludes halogenated alkanes) is 5. The number of hydrogen-bond donors (Lipinski definition) is 2. The van der Waals surface area contributed by atoms with Gasteiger partial charge in [-0.1, -0.05) is 62.4 Å². The standard InChI is InChI=1S/C60H85ClN8O11S2/c1-9-10-11-12-13-14-27-69-28-23-44(34-51(69)45(38-63-69)35-54(71)79-39-80-59(72)60(5,6)7)49-20-19-48(36-52(49)82(73,74)67-25-21-47(75-8)22-26-67)78-33-32-77-31-30-76-29-24-62-53(70)37-50-57-66-65-42(4)68(57)58-55(40(2)41(3)81-58)56(64-50)43-15-17-46(61)18-16-43/h15-20,36,44-45,47,50-51,63H,9-14,21-35,37-39H2,1-8H3/p+1/t44?,45?,50-,51?,69?/m1/s1. The number of nitrogens with zero attached hydrogens (tertiary/aromatic N) is 6. The zero-order chi connectivity index (χ0) is 58.6. The minimum atomic E-state index is -3.95. The number of quaternary nitrogens is 1. The molecule has 3 saturated heterocycles. The lowest BCUT2D eigenvalue weighted by molar-refractivity contribution is -0.985. The Labute approximate surface area is 493 Å². The Balaban J connectivity index is 0.853. The summed E-state index contributed by atoms with van der Waals surface area (Å²) in [6.07, 6.45) is 9.85. The van der Waals surface area contributed by atoms with Crippen LogP contribution in [0.3, 0.4) is 0 Å². The van der Waals surface area contributed by atoms with E-state index in [1.807, 2.05) is 47.9 Å². The molecule has 4 aliphatic rings. The third-order valence-electron chi connectivity index (χ3n) is 16.6. The normalized spacial score (nSPS) is 21.3. The van der Waals surface area contributed by atoms with Crippen LogP contribution in [0.15, 0.2) is 52.4 Å². The molecule has 0 saturated carbocycles. The van der Waals surface area contributed by atoms with Crippen LogP contribution in [-0.2, 0) is 48.1 Å². The number of esters is 2. The first-order valence-corrected chi connectivity index (χ1v) is 32.0. The van der Waals surface area contributed by atoms with Crippen LogP contribution in [0, 0.1) is 32.1 Å². The molecular formula is C60H86ClN8O11S2+. The number of hydrogen-bond acceptors (Lipinski definition) is 16. The number of ether oxygens (including phenoxy) is 6. The Morgan fingerprint density at radius 2 is 1.61 bits per heavy atom. The van der Waals surface area contributed by atoms with Gasteiger partial charge in [-0.15, -0.1) is 21.5 Å². The quantitative estimate of drug-likeness (QED) is 0.0235. The number of aromatic nitrogens is 3. The van der Waals surface area contributed by atoms with Crippen molar-refractivity contribution in [3.8, 4) is 10.8 Å². The van der Waals surface area contributed by atoms with Gasteiger partial charge in [0.1, 0.15) is 35.3 Å². The molecule has 5 atom stereocenters.